The molecule has 0 aromatic rings. The zero-order valence-corrected chi connectivity index (χ0v) is 54.4. The fourth-order valence-corrected chi connectivity index (χ4v) is 11.2. The van der Waals surface area contributed by atoms with E-state index in [2.05, 4.69) is 31.9 Å². The number of ether oxygens (including phenoxy) is 9. The first-order valence-electron chi connectivity index (χ1n) is 34.7. The van der Waals surface area contributed by atoms with E-state index < -0.39 is 17.9 Å². The Hall–Kier alpha value is -3.54. The van der Waals surface area contributed by atoms with Gasteiger partial charge in [-0.2, -0.15) is 0 Å². The summed E-state index contributed by atoms with van der Waals surface area (Å²) in [6.45, 7) is 10.9. The summed E-state index contributed by atoms with van der Waals surface area (Å²) in [5, 5.41) is 18.1. The van der Waals surface area contributed by atoms with Crippen molar-refractivity contribution in [1.29, 1.82) is 0 Å². The highest BCUT2D eigenvalue weighted by Crippen LogP contribution is 2.28. The van der Waals surface area contributed by atoms with Crippen molar-refractivity contribution in [3.8, 4) is 0 Å². The van der Waals surface area contributed by atoms with Crippen LogP contribution in [0.2, 0.25) is 0 Å². The molecule has 21 heteroatoms. The predicted molar refractivity (Wildman–Crippen MR) is 334 cm³/mol. The molecular weight excluding hydrogens is 1120 g/mol. The standard InChI is InChI=1S/C66H120N6O15/c1-64-79-46-34-22-31-43-67-58(73)37-25-16-11-5-8-14-20-29-41-62(77)71-50-56-53-83-66(3,86-56)81-48-36-24-33-45-69-60(75)39-27-18-12-6-9-15-21-30-42-63(78)72-51-57-54-84-65(2,87-57)80-47-35-23-32-44-68-59(74)38-26-17-10-4-7-13-19-28-40-61(76)70-49-55(85-64)52-82-64/h55-57H,4-54H2,1-3H3,(H,67,73)(H,68,74)(H,69,75)(H,70,76)(H,71,77)(H,72,78). The molecule has 4 saturated heterocycles. The molecule has 0 radical (unpaired) electrons. The molecule has 0 aliphatic carbocycles. The molecule has 6 unspecified atom stereocenters. The lowest BCUT2D eigenvalue weighted by molar-refractivity contribution is -0.325. The number of carbonyl (C=O) groups is 6. The van der Waals surface area contributed by atoms with Crippen LogP contribution in [-0.2, 0) is 71.4 Å². The molecular formula is C66H120N6O15. The second kappa shape index (κ2) is 47.4. The maximum Gasteiger partial charge on any atom is 0.280 e. The fourth-order valence-electron chi connectivity index (χ4n) is 11.2. The molecule has 6 atom stereocenters. The van der Waals surface area contributed by atoms with Crippen LogP contribution in [0.1, 0.15) is 271 Å². The van der Waals surface area contributed by atoms with Gasteiger partial charge in [0.2, 0.25) is 35.4 Å². The van der Waals surface area contributed by atoms with Crippen molar-refractivity contribution >= 4 is 35.4 Å². The lowest BCUT2D eigenvalue weighted by Gasteiger charge is -2.23. The number of hydrogen-bond acceptors (Lipinski definition) is 15. The molecule has 6 bridgehead atoms. The summed E-state index contributed by atoms with van der Waals surface area (Å²) in [5.41, 5.74) is 0. The number of rotatable bonds is 0. The number of fused-ring (bicyclic) bond motifs is 6. The van der Waals surface area contributed by atoms with E-state index in [1.165, 1.54) is 0 Å². The van der Waals surface area contributed by atoms with Crippen molar-refractivity contribution in [2.45, 2.75) is 307 Å². The third-order valence-electron chi connectivity index (χ3n) is 16.5. The Morgan fingerprint density at radius 2 is 0.448 bits per heavy atom. The molecule has 0 aromatic heterocycles. The van der Waals surface area contributed by atoms with Crippen LogP contribution >= 0.6 is 0 Å². The number of carbonyl (C=O) groups excluding carboxylic acids is 6. The van der Waals surface area contributed by atoms with Crippen molar-refractivity contribution in [2.24, 2.45) is 0 Å². The SMILES string of the molecule is CC12OCCCCCNC(=O)CCCCCCCCCCC(=O)NCC3COC(C)(OCCCCCNC(=O)CCCCCCCCCCC(=O)NCC4COC(C)(OCCCCCNC(=O)CCCCCCCCCCC(=O)NCC(CO1)O2)O4)O3. The van der Waals surface area contributed by atoms with Crippen LogP contribution in [0.25, 0.3) is 0 Å². The molecule has 504 valence electrons. The quantitative estimate of drug-likeness (QED) is 0.132. The Balaban J connectivity index is 1.03. The molecule has 4 rings (SSSR count). The van der Waals surface area contributed by atoms with Gasteiger partial charge in [0.25, 0.3) is 17.9 Å². The number of hydrogen-bond donors (Lipinski definition) is 6. The molecule has 4 aliphatic rings. The molecule has 0 saturated carbocycles. The van der Waals surface area contributed by atoms with Crippen LogP contribution in [0, 0.1) is 0 Å². The van der Waals surface area contributed by atoms with Gasteiger partial charge in [-0.3, -0.25) is 28.8 Å². The molecule has 21 nitrogen and oxygen atoms in total. The van der Waals surface area contributed by atoms with Crippen molar-refractivity contribution in [1.82, 2.24) is 31.9 Å². The molecule has 87 heavy (non-hydrogen) atoms. The largest absolute Gasteiger partial charge is 0.356 e. The summed E-state index contributed by atoms with van der Waals surface area (Å²) in [5.74, 6) is -3.00. The van der Waals surface area contributed by atoms with Crippen LogP contribution in [0.3, 0.4) is 0 Å². The topological polar surface area (TPSA) is 258 Å². The van der Waals surface area contributed by atoms with Gasteiger partial charge in [0.05, 0.1) is 39.6 Å². The fraction of sp³-hybridized carbons (Fsp3) is 0.909. The normalized spacial score (nSPS) is 30.7. The average molecular weight is 1240 g/mol. The minimum Gasteiger partial charge on any atom is -0.356 e. The first kappa shape index (κ1) is 75.9. The first-order chi connectivity index (χ1) is 42.2. The van der Waals surface area contributed by atoms with Gasteiger partial charge >= 0.3 is 0 Å². The minimum atomic E-state index is -1.13. The van der Waals surface area contributed by atoms with Crippen molar-refractivity contribution < 1.29 is 71.4 Å². The summed E-state index contributed by atoms with van der Waals surface area (Å²) in [4.78, 5) is 74.7. The van der Waals surface area contributed by atoms with Crippen molar-refractivity contribution in [3.63, 3.8) is 0 Å². The van der Waals surface area contributed by atoms with E-state index in [1.54, 1.807) is 20.8 Å². The zero-order chi connectivity index (χ0) is 62.4. The molecule has 4 fully saturated rings. The summed E-state index contributed by atoms with van der Waals surface area (Å²) in [6.07, 6.45) is 34.9. The van der Waals surface area contributed by atoms with Crippen LogP contribution in [0.15, 0.2) is 0 Å². The van der Waals surface area contributed by atoms with E-state index in [4.69, 9.17) is 42.6 Å². The first-order valence-corrected chi connectivity index (χ1v) is 34.7. The smallest absolute Gasteiger partial charge is 0.280 e. The van der Waals surface area contributed by atoms with E-state index in [0.717, 1.165) is 212 Å². The molecule has 4 heterocycles. The van der Waals surface area contributed by atoms with E-state index in [0.29, 0.717) is 117 Å². The van der Waals surface area contributed by atoms with E-state index in [9.17, 15) is 28.8 Å². The summed E-state index contributed by atoms with van der Waals surface area (Å²) >= 11 is 0. The lowest BCUT2D eigenvalue weighted by Crippen LogP contribution is -2.36. The van der Waals surface area contributed by atoms with E-state index >= 15 is 0 Å². The van der Waals surface area contributed by atoms with Gasteiger partial charge in [-0.25, -0.2) is 0 Å². The lowest BCUT2D eigenvalue weighted by atomic mass is 10.1. The minimum absolute atomic E-state index is 0.0216. The highest BCUT2D eigenvalue weighted by molar-refractivity contribution is 5.77. The van der Waals surface area contributed by atoms with Crippen molar-refractivity contribution in [2.75, 3.05) is 78.9 Å². The van der Waals surface area contributed by atoms with Crippen LogP contribution in [0.5, 0.6) is 0 Å². The maximum absolute atomic E-state index is 12.5. The molecule has 6 N–H and O–H groups in total. The van der Waals surface area contributed by atoms with Gasteiger partial charge in [-0.1, -0.05) is 116 Å². The van der Waals surface area contributed by atoms with E-state index in [-0.39, 0.29) is 53.8 Å². The highest BCUT2D eigenvalue weighted by atomic mass is 16.9. The van der Waals surface area contributed by atoms with Crippen LogP contribution in [-0.4, -0.2) is 151 Å². The summed E-state index contributed by atoms with van der Waals surface area (Å²) < 4.78 is 53.2. The Bertz CT molecular complexity index is 1670. The summed E-state index contributed by atoms with van der Waals surface area (Å²) in [7, 11) is 0. The number of amides is 6. The Kier molecular flexibility index (Phi) is 41.3. The highest BCUT2D eigenvalue weighted by Gasteiger charge is 2.40. The van der Waals surface area contributed by atoms with Crippen LogP contribution < -0.4 is 31.9 Å². The van der Waals surface area contributed by atoms with Gasteiger partial charge in [-0.15, -0.1) is 0 Å². The predicted octanol–water partition coefficient (Wildman–Crippen LogP) is 10.2. The van der Waals surface area contributed by atoms with Crippen molar-refractivity contribution in [3.05, 3.63) is 0 Å². The zero-order valence-electron chi connectivity index (χ0n) is 54.4. The second-order valence-electron chi connectivity index (χ2n) is 24.9. The molecule has 6 amide bonds. The monoisotopic (exact) mass is 1240 g/mol. The average Bonchev–Trinajstić information content (AvgIpc) is 4.31. The Morgan fingerprint density at radius 3 is 0.678 bits per heavy atom. The summed E-state index contributed by atoms with van der Waals surface area (Å²) in [6, 6.07) is 0. The Morgan fingerprint density at radius 1 is 0.253 bits per heavy atom. The third kappa shape index (κ3) is 39.4. The van der Waals surface area contributed by atoms with Gasteiger partial charge in [0.15, 0.2) is 0 Å². The van der Waals surface area contributed by atoms with Gasteiger partial charge in [-0.05, 0) is 96.3 Å². The number of nitrogens with one attached hydrogen (secondary N) is 6. The Labute approximate surface area is 523 Å². The third-order valence-corrected chi connectivity index (χ3v) is 16.5. The maximum atomic E-state index is 12.5. The van der Waals surface area contributed by atoms with Gasteiger partial charge in [0, 0.05) is 98.6 Å². The van der Waals surface area contributed by atoms with E-state index in [1.807, 2.05) is 0 Å². The molecule has 4 aliphatic heterocycles. The molecule has 0 spiro atoms. The van der Waals surface area contributed by atoms with Gasteiger partial charge < -0.3 is 74.5 Å². The van der Waals surface area contributed by atoms with Crippen LogP contribution in [0.4, 0.5) is 0 Å². The van der Waals surface area contributed by atoms with Gasteiger partial charge in [0.1, 0.15) is 18.3 Å². The second-order valence-corrected chi connectivity index (χ2v) is 24.9. The molecule has 0 aromatic carbocycles.